The van der Waals surface area contributed by atoms with Crippen LogP contribution in [-0.2, 0) is 14.3 Å². The van der Waals surface area contributed by atoms with E-state index in [0.29, 0.717) is 12.2 Å². The molecule has 0 amide bonds. The molecule has 0 aromatic heterocycles. The SMILES string of the molecule is COCCSC1=C(C(=O)O)C(C)=CC(N2CCOCC2)N1CCCC(C)(C)C. The molecule has 7 heteroatoms. The van der Waals surface area contributed by atoms with Gasteiger partial charge < -0.3 is 19.5 Å². The first-order chi connectivity index (χ1) is 13.2. The largest absolute Gasteiger partial charge is 0.478 e. The van der Waals surface area contributed by atoms with Crippen LogP contribution in [0.1, 0.15) is 40.5 Å². The summed E-state index contributed by atoms with van der Waals surface area (Å²) < 4.78 is 10.7. The van der Waals surface area contributed by atoms with E-state index in [1.54, 1.807) is 18.9 Å². The van der Waals surface area contributed by atoms with Crippen LogP contribution in [-0.4, -0.2) is 79.4 Å². The number of rotatable bonds is 9. The number of carboxylic acids is 1. The number of aliphatic carboxylic acids is 1. The van der Waals surface area contributed by atoms with Gasteiger partial charge in [0.15, 0.2) is 0 Å². The molecule has 0 aromatic carbocycles. The standard InChI is InChI=1S/C21H36N2O4S/c1-16-15-17(22-9-11-27-12-10-22)23(8-6-7-21(2,3)4)19(18(16)20(24)25)28-14-13-26-5/h15,17H,6-14H2,1-5H3,(H,24,25). The minimum absolute atomic E-state index is 0.0806. The molecule has 0 aromatic rings. The van der Waals surface area contributed by atoms with Crippen molar-refractivity contribution in [3.63, 3.8) is 0 Å². The van der Waals surface area contributed by atoms with Crippen molar-refractivity contribution < 1.29 is 19.4 Å². The average Bonchev–Trinajstić information content (AvgIpc) is 2.62. The number of hydrogen-bond donors (Lipinski definition) is 1. The maximum Gasteiger partial charge on any atom is 0.338 e. The van der Waals surface area contributed by atoms with Crippen LogP contribution < -0.4 is 0 Å². The molecule has 28 heavy (non-hydrogen) atoms. The van der Waals surface area contributed by atoms with E-state index in [1.807, 2.05) is 6.92 Å². The molecular weight excluding hydrogens is 376 g/mol. The molecule has 1 N–H and O–H groups in total. The number of nitrogens with zero attached hydrogens (tertiary/aromatic N) is 2. The number of carbonyl (C=O) groups is 1. The summed E-state index contributed by atoms with van der Waals surface area (Å²) in [5.74, 6) is -0.114. The molecule has 2 aliphatic rings. The number of morpholine rings is 1. The Morgan fingerprint density at radius 2 is 2.04 bits per heavy atom. The number of hydrogen-bond acceptors (Lipinski definition) is 6. The van der Waals surface area contributed by atoms with Gasteiger partial charge in [0.1, 0.15) is 6.17 Å². The Bertz CT molecular complexity index is 592. The van der Waals surface area contributed by atoms with Crippen LogP contribution >= 0.6 is 11.8 Å². The van der Waals surface area contributed by atoms with Gasteiger partial charge in [-0.05, 0) is 36.8 Å². The van der Waals surface area contributed by atoms with Gasteiger partial charge in [-0.15, -0.1) is 11.8 Å². The van der Waals surface area contributed by atoms with Crippen LogP contribution in [0.25, 0.3) is 0 Å². The Balaban J connectivity index is 2.31. The van der Waals surface area contributed by atoms with Crippen molar-refractivity contribution in [2.75, 3.05) is 52.3 Å². The molecule has 160 valence electrons. The molecule has 2 aliphatic heterocycles. The number of thioether (sulfide) groups is 1. The lowest BCUT2D eigenvalue weighted by Crippen LogP contribution is -2.52. The normalized spacial score (nSPS) is 21.8. The molecular formula is C21H36N2O4S. The maximum absolute atomic E-state index is 12.1. The summed E-state index contributed by atoms with van der Waals surface area (Å²) in [7, 11) is 1.68. The van der Waals surface area contributed by atoms with Gasteiger partial charge in [0.2, 0.25) is 0 Å². The van der Waals surface area contributed by atoms with Crippen molar-refractivity contribution in [1.82, 2.24) is 9.80 Å². The smallest absolute Gasteiger partial charge is 0.338 e. The summed E-state index contributed by atoms with van der Waals surface area (Å²) in [4.78, 5) is 16.8. The predicted octanol–water partition coefficient (Wildman–Crippen LogP) is 3.41. The first-order valence-corrected chi connectivity index (χ1v) is 11.1. The molecule has 2 rings (SSSR count). The van der Waals surface area contributed by atoms with Crippen molar-refractivity contribution in [2.24, 2.45) is 5.41 Å². The van der Waals surface area contributed by atoms with Gasteiger partial charge in [-0.1, -0.05) is 20.8 Å². The second-order valence-electron chi connectivity index (χ2n) is 8.60. The van der Waals surface area contributed by atoms with Crippen molar-refractivity contribution in [3.05, 3.63) is 22.3 Å². The Morgan fingerprint density at radius 1 is 1.36 bits per heavy atom. The molecule has 0 aliphatic carbocycles. The molecule has 2 heterocycles. The van der Waals surface area contributed by atoms with E-state index in [-0.39, 0.29) is 11.6 Å². The molecule has 0 radical (unpaired) electrons. The van der Waals surface area contributed by atoms with E-state index in [1.165, 1.54) is 0 Å². The Kier molecular flexibility index (Phi) is 8.86. The molecule has 0 bridgehead atoms. The van der Waals surface area contributed by atoms with Crippen LogP contribution in [0.4, 0.5) is 0 Å². The second-order valence-corrected chi connectivity index (χ2v) is 9.68. The summed E-state index contributed by atoms with van der Waals surface area (Å²) in [6.45, 7) is 13.3. The van der Waals surface area contributed by atoms with Crippen molar-refractivity contribution in [1.29, 1.82) is 0 Å². The van der Waals surface area contributed by atoms with Crippen LogP contribution in [0, 0.1) is 5.41 Å². The van der Waals surface area contributed by atoms with E-state index in [2.05, 4.69) is 36.6 Å². The highest BCUT2D eigenvalue weighted by Crippen LogP contribution is 2.36. The van der Waals surface area contributed by atoms with Gasteiger partial charge >= 0.3 is 5.97 Å². The molecule has 1 atom stereocenters. The van der Waals surface area contributed by atoms with Crippen LogP contribution in [0.5, 0.6) is 0 Å². The van der Waals surface area contributed by atoms with Gasteiger partial charge in [-0.2, -0.15) is 0 Å². The second kappa shape index (κ2) is 10.7. The quantitative estimate of drug-likeness (QED) is 0.582. The summed E-state index contributed by atoms with van der Waals surface area (Å²) in [6, 6.07) is 0. The van der Waals surface area contributed by atoms with E-state index in [9.17, 15) is 9.90 Å². The lowest BCUT2D eigenvalue weighted by molar-refractivity contribution is -0.132. The topological polar surface area (TPSA) is 62.2 Å². The monoisotopic (exact) mass is 412 g/mol. The van der Waals surface area contributed by atoms with E-state index < -0.39 is 5.97 Å². The molecule has 0 spiro atoms. The molecule has 6 nitrogen and oxygen atoms in total. The summed E-state index contributed by atoms with van der Waals surface area (Å²) >= 11 is 1.60. The Morgan fingerprint density at radius 3 is 2.61 bits per heavy atom. The van der Waals surface area contributed by atoms with Gasteiger partial charge in [-0.25, -0.2) is 4.79 Å². The Hall–Kier alpha value is -1.02. The zero-order valence-corrected chi connectivity index (χ0v) is 18.8. The van der Waals surface area contributed by atoms with Crippen molar-refractivity contribution >= 4 is 17.7 Å². The van der Waals surface area contributed by atoms with Crippen LogP contribution in [0.3, 0.4) is 0 Å². The zero-order chi connectivity index (χ0) is 20.7. The highest BCUT2D eigenvalue weighted by atomic mass is 32.2. The van der Waals surface area contributed by atoms with Crippen molar-refractivity contribution in [2.45, 2.75) is 46.7 Å². The fourth-order valence-electron chi connectivity index (χ4n) is 3.62. The number of methoxy groups -OCH3 is 1. The molecule has 0 saturated carbocycles. The highest BCUT2D eigenvalue weighted by molar-refractivity contribution is 8.03. The van der Waals surface area contributed by atoms with Gasteiger partial charge in [0, 0.05) is 32.5 Å². The summed E-state index contributed by atoms with van der Waals surface area (Å²) in [5, 5.41) is 10.8. The maximum atomic E-state index is 12.1. The third kappa shape index (κ3) is 6.51. The molecule has 1 unspecified atom stereocenters. The third-order valence-corrected chi connectivity index (χ3v) is 6.16. The first kappa shape index (κ1) is 23.3. The van der Waals surface area contributed by atoms with Gasteiger partial charge in [0.05, 0.1) is 30.4 Å². The lowest BCUT2D eigenvalue weighted by Gasteiger charge is -2.45. The third-order valence-electron chi connectivity index (χ3n) is 5.07. The number of carboxylic acid groups (broad SMARTS) is 1. The van der Waals surface area contributed by atoms with E-state index in [4.69, 9.17) is 9.47 Å². The van der Waals surface area contributed by atoms with Crippen LogP contribution in [0.2, 0.25) is 0 Å². The number of ether oxygens (including phenoxy) is 2. The summed E-state index contributed by atoms with van der Waals surface area (Å²) in [5.41, 5.74) is 1.54. The zero-order valence-electron chi connectivity index (χ0n) is 18.0. The Labute approximate surface area is 173 Å². The lowest BCUT2D eigenvalue weighted by atomic mass is 9.90. The van der Waals surface area contributed by atoms with Gasteiger partial charge in [0.25, 0.3) is 0 Å². The van der Waals surface area contributed by atoms with Gasteiger partial charge in [-0.3, -0.25) is 4.90 Å². The summed E-state index contributed by atoms with van der Waals surface area (Å²) in [6.07, 6.45) is 4.32. The first-order valence-electron chi connectivity index (χ1n) is 10.1. The van der Waals surface area contributed by atoms with E-state index >= 15 is 0 Å². The van der Waals surface area contributed by atoms with Crippen molar-refractivity contribution in [3.8, 4) is 0 Å². The van der Waals surface area contributed by atoms with Crippen LogP contribution in [0.15, 0.2) is 22.3 Å². The fourth-order valence-corrected chi connectivity index (χ4v) is 4.83. The molecule has 1 fully saturated rings. The molecule has 1 saturated heterocycles. The minimum atomic E-state index is -0.852. The predicted molar refractivity (Wildman–Crippen MR) is 114 cm³/mol. The highest BCUT2D eigenvalue weighted by Gasteiger charge is 2.34. The average molecular weight is 413 g/mol. The van der Waals surface area contributed by atoms with E-state index in [0.717, 1.165) is 62.0 Å². The minimum Gasteiger partial charge on any atom is -0.478 e. The fraction of sp³-hybridized carbons (Fsp3) is 0.762.